The van der Waals surface area contributed by atoms with Crippen molar-refractivity contribution < 1.29 is 4.79 Å². The molecule has 0 spiro atoms. The Morgan fingerprint density at radius 2 is 2.14 bits per heavy atom. The Kier molecular flexibility index (Phi) is 2.94. The number of ketones is 1. The molecule has 1 aliphatic heterocycles. The first-order valence-electron chi connectivity index (χ1n) is 5.09. The summed E-state index contributed by atoms with van der Waals surface area (Å²) in [4.78, 5) is 11.7. The SMILES string of the molecule is O=C(Cc1ccccc1)C1CCC[N]1. The Bertz CT molecular complexity index is 301. The summed E-state index contributed by atoms with van der Waals surface area (Å²) in [5, 5.41) is 4.28. The van der Waals surface area contributed by atoms with Gasteiger partial charge in [-0.1, -0.05) is 30.3 Å². The largest absolute Gasteiger partial charge is 0.298 e. The van der Waals surface area contributed by atoms with Crippen molar-refractivity contribution in [1.29, 1.82) is 0 Å². The molecule has 0 bridgehead atoms. The first kappa shape index (κ1) is 9.41. The molecular formula is C12H14NO. The van der Waals surface area contributed by atoms with Crippen LogP contribution in [-0.4, -0.2) is 18.4 Å². The number of hydrogen-bond donors (Lipinski definition) is 0. The third kappa shape index (κ3) is 2.20. The number of hydrogen-bond acceptors (Lipinski definition) is 1. The number of carbonyl (C=O) groups excluding carboxylic acids is 1. The number of carbonyl (C=O) groups is 1. The summed E-state index contributed by atoms with van der Waals surface area (Å²) in [6.07, 6.45) is 2.56. The van der Waals surface area contributed by atoms with Gasteiger partial charge in [-0.25, -0.2) is 5.32 Å². The van der Waals surface area contributed by atoms with E-state index >= 15 is 0 Å². The maximum atomic E-state index is 11.7. The van der Waals surface area contributed by atoms with Crippen molar-refractivity contribution in [3.05, 3.63) is 35.9 Å². The maximum Gasteiger partial charge on any atom is 0.155 e. The monoisotopic (exact) mass is 188 g/mol. The molecule has 0 N–H and O–H groups in total. The van der Waals surface area contributed by atoms with Gasteiger partial charge < -0.3 is 0 Å². The van der Waals surface area contributed by atoms with E-state index in [4.69, 9.17) is 0 Å². The van der Waals surface area contributed by atoms with Gasteiger partial charge in [-0.15, -0.1) is 0 Å². The molecule has 0 aromatic heterocycles. The summed E-state index contributed by atoms with van der Waals surface area (Å²) >= 11 is 0. The van der Waals surface area contributed by atoms with Crippen LogP contribution < -0.4 is 5.32 Å². The molecule has 0 aliphatic carbocycles. The molecule has 1 saturated heterocycles. The second kappa shape index (κ2) is 4.38. The predicted molar refractivity (Wildman–Crippen MR) is 55.2 cm³/mol. The van der Waals surface area contributed by atoms with Crippen LogP contribution >= 0.6 is 0 Å². The van der Waals surface area contributed by atoms with Crippen molar-refractivity contribution in [3.63, 3.8) is 0 Å². The van der Waals surface area contributed by atoms with Gasteiger partial charge in [0.05, 0.1) is 6.04 Å². The normalized spacial score (nSPS) is 21.0. The topological polar surface area (TPSA) is 31.2 Å². The van der Waals surface area contributed by atoms with Crippen LogP contribution in [-0.2, 0) is 11.2 Å². The molecule has 1 radical (unpaired) electrons. The molecule has 1 aliphatic rings. The van der Waals surface area contributed by atoms with E-state index in [0.717, 1.165) is 24.9 Å². The number of Topliss-reactive ketones (excluding diaryl/α,β-unsaturated/α-hetero) is 1. The summed E-state index contributed by atoms with van der Waals surface area (Å²) in [7, 11) is 0. The van der Waals surface area contributed by atoms with Crippen LogP contribution in [0.5, 0.6) is 0 Å². The zero-order chi connectivity index (χ0) is 9.80. The molecule has 2 heteroatoms. The van der Waals surface area contributed by atoms with Crippen LogP contribution in [0.25, 0.3) is 0 Å². The molecule has 1 aromatic rings. The molecule has 73 valence electrons. The van der Waals surface area contributed by atoms with Gasteiger partial charge >= 0.3 is 0 Å². The van der Waals surface area contributed by atoms with E-state index in [-0.39, 0.29) is 11.8 Å². The Hall–Kier alpha value is -1.15. The average molecular weight is 188 g/mol. The summed E-state index contributed by atoms with van der Waals surface area (Å²) < 4.78 is 0. The zero-order valence-corrected chi connectivity index (χ0v) is 8.15. The number of nitrogens with zero attached hydrogens (tertiary/aromatic N) is 1. The Balaban J connectivity index is 1.94. The van der Waals surface area contributed by atoms with Crippen molar-refractivity contribution >= 4 is 5.78 Å². The Morgan fingerprint density at radius 1 is 1.36 bits per heavy atom. The highest BCUT2D eigenvalue weighted by atomic mass is 16.1. The molecule has 2 rings (SSSR count). The van der Waals surface area contributed by atoms with Crippen molar-refractivity contribution in [2.75, 3.05) is 6.54 Å². The average Bonchev–Trinajstić information content (AvgIpc) is 2.72. The fourth-order valence-corrected chi connectivity index (χ4v) is 1.80. The molecule has 14 heavy (non-hydrogen) atoms. The summed E-state index contributed by atoms with van der Waals surface area (Å²) in [5.74, 6) is 0.272. The van der Waals surface area contributed by atoms with E-state index in [2.05, 4.69) is 5.32 Å². The Morgan fingerprint density at radius 3 is 2.79 bits per heavy atom. The van der Waals surface area contributed by atoms with E-state index in [1.807, 2.05) is 30.3 Å². The predicted octanol–water partition coefficient (Wildman–Crippen LogP) is 1.56. The molecule has 1 unspecified atom stereocenters. The van der Waals surface area contributed by atoms with E-state index < -0.39 is 0 Å². The quantitative estimate of drug-likeness (QED) is 0.708. The van der Waals surface area contributed by atoms with Crippen molar-refractivity contribution in [1.82, 2.24) is 5.32 Å². The second-order valence-electron chi connectivity index (χ2n) is 3.69. The van der Waals surface area contributed by atoms with Crippen molar-refractivity contribution in [3.8, 4) is 0 Å². The molecule has 0 saturated carbocycles. The third-order valence-corrected chi connectivity index (χ3v) is 2.58. The number of rotatable bonds is 3. The molecule has 0 amide bonds. The van der Waals surface area contributed by atoms with Gasteiger partial charge in [0.25, 0.3) is 0 Å². The molecule has 1 atom stereocenters. The minimum atomic E-state index is -0.0183. The molecule has 1 aromatic carbocycles. The first-order valence-corrected chi connectivity index (χ1v) is 5.09. The highest BCUT2D eigenvalue weighted by Gasteiger charge is 2.22. The lowest BCUT2D eigenvalue weighted by atomic mass is 10.0. The van der Waals surface area contributed by atoms with Gasteiger partial charge in [0, 0.05) is 13.0 Å². The molecule has 1 heterocycles. The van der Waals surface area contributed by atoms with Gasteiger partial charge in [0.2, 0.25) is 0 Å². The standard InChI is InChI=1S/C12H14NO/c14-12(11-7-4-8-13-11)9-10-5-2-1-3-6-10/h1-3,5-6,11H,4,7-9H2. The van der Waals surface area contributed by atoms with Crippen molar-refractivity contribution in [2.24, 2.45) is 0 Å². The zero-order valence-electron chi connectivity index (χ0n) is 8.15. The van der Waals surface area contributed by atoms with Gasteiger partial charge in [0.15, 0.2) is 5.78 Å². The van der Waals surface area contributed by atoms with E-state index in [1.54, 1.807) is 0 Å². The molecular weight excluding hydrogens is 174 g/mol. The fraction of sp³-hybridized carbons (Fsp3) is 0.417. The van der Waals surface area contributed by atoms with Crippen LogP contribution in [0.1, 0.15) is 18.4 Å². The summed E-state index contributed by atoms with van der Waals surface area (Å²) in [6, 6.07) is 9.87. The minimum absolute atomic E-state index is 0.0183. The van der Waals surface area contributed by atoms with Gasteiger partial charge in [0.1, 0.15) is 0 Å². The lowest BCUT2D eigenvalue weighted by Gasteiger charge is -2.06. The minimum Gasteiger partial charge on any atom is -0.298 e. The Labute approximate surface area is 84.3 Å². The van der Waals surface area contributed by atoms with Crippen LogP contribution in [0.3, 0.4) is 0 Å². The highest BCUT2D eigenvalue weighted by molar-refractivity contribution is 5.86. The number of benzene rings is 1. The second-order valence-corrected chi connectivity index (χ2v) is 3.69. The van der Waals surface area contributed by atoms with Crippen molar-refractivity contribution in [2.45, 2.75) is 25.3 Å². The maximum absolute atomic E-state index is 11.7. The molecule has 2 nitrogen and oxygen atoms in total. The highest BCUT2D eigenvalue weighted by Crippen LogP contribution is 2.11. The first-order chi connectivity index (χ1) is 6.86. The third-order valence-electron chi connectivity index (χ3n) is 2.58. The van der Waals surface area contributed by atoms with E-state index in [9.17, 15) is 4.79 Å². The van der Waals surface area contributed by atoms with Crippen LogP contribution in [0.2, 0.25) is 0 Å². The van der Waals surface area contributed by atoms with Crippen LogP contribution in [0.4, 0.5) is 0 Å². The van der Waals surface area contributed by atoms with E-state index in [1.165, 1.54) is 0 Å². The lowest BCUT2D eigenvalue weighted by molar-refractivity contribution is -0.120. The van der Waals surface area contributed by atoms with Crippen LogP contribution in [0, 0.1) is 0 Å². The van der Waals surface area contributed by atoms with Gasteiger partial charge in [-0.3, -0.25) is 4.79 Å². The van der Waals surface area contributed by atoms with Gasteiger partial charge in [-0.2, -0.15) is 0 Å². The van der Waals surface area contributed by atoms with Crippen LogP contribution in [0.15, 0.2) is 30.3 Å². The lowest BCUT2D eigenvalue weighted by Crippen LogP contribution is -2.26. The van der Waals surface area contributed by atoms with Gasteiger partial charge in [-0.05, 0) is 18.4 Å². The summed E-state index contributed by atoms with van der Waals surface area (Å²) in [5.41, 5.74) is 1.10. The smallest absolute Gasteiger partial charge is 0.155 e. The molecule has 1 fully saturated rings. The van der Waals surface area contributed by atoms with E-state index in [0.29, 0.717) is 6.42 Å². The fourth-order valence-electron chi connectivity index (χ4n) is 1.80. The summed E-state index contributed by atoms with van der Waals surface area (Å²) in [6.45, 7) is 0.866.